The zero-order chi connectivity index (χ0) is 13.8. The van der Waals surface area contributed by atoms with Gasteiger partial charge < -0.3 is 10.0 Å². The monoisotopic (exact) mass is 280 g/mol. The third kappa shape index (κ3) is 2.65. The first-order valence-corrected chi connectivity index (χ1v) is 8.06. The summed E-state index contributed by atoms with van der Waals surface area (Å²) in [5, 5.41) is 11.4. The Morgan fingerprint density at radius 1 is 1.47 bits per heavy atom. The highest BCUT2D eigenvalue weighted by Crippen LogP contribution is 2.45. The SMILES string of the molecule is CC1CC1CN(C)c1nc2c(s1)C(O)CC(C)(C)C2. The van der Waals surface area contributed by atoms with Gasteiger partial charge in [0.15, 0.2) is 5.13 Å². The summed E-state index contributed by atoms with van der Waals surface area (Å²) < 4.78 is 0. The van der Waals surface area contributed by atoms with Crippen LogP contribution in [0.5, 0.6) is 0 Å². The van der Waals surface area contributed by atoms with Crippen LogP contribution in [-0.4, -0.2) is 23.7 Å². The van der Waals surface area contributed by atoms with Crippen molar-refractivity contribution in [3.63, 3.8) is 0 Å². The topological polar surface area (TPSA) is 36.4 Å². The van der Waals surface area contributed by atoms with Crippen LogP contribution < -0.4 is 4.90 Å². The molecule has 1 N–H and O–H groups in total. The van der Waals surface area contributed by atoms with E-state index in [0.29, 0.717) is 0 Å². The average Bonchev–Trinajstić information content (AvgIpc) is 2.82. The number of thiazole rings is 1. The molecule has 3 atom stereocenters. The van der Waals surface area contributed by atoms with Gasteiger partial charge in [-0.15, -0.1) is 0 Å². The third-order valence-corrected chi connectivity index (χ3v) is 5.84. The van der Waals surface area contributed by atoms with E-state index in [-0.39, 0.29) is 11.5 Å². The molecule has 3 nitrogen and oxygen atoms in total. The van der Waals surface area contributed by atoms with Crippen molar-refractivity contribution in [2.45, 2.75) is 46.1 Å². The molecule has 2 aliphatic rings. The normalized spacial score (nSPS) is 31.9. The summed E-state index contributed by atoms with van der Waals surface area (Å²) in [6.45, 7) is 7.85. The Morgan fingerprint density at radius 3 is 2.79 bits per heavy atom. The smallest absolute Gasteiger partial charge is 0.185 e. The van der Waals surface area contributed by atoms with Gasteiger partial charge in [0, 0.05) is 13.6 Å². The van der Waals surface area contributed by atoms with E-state index < -0.39 is 0 Å². The molecule has 0 bridgehead atoms. The summed E-state index contributed by atoms with van der Waals surface area (Å²) in [5.74, 6) is 1.72. The summed E-state index contributed by atoms with van der Waals surface area (Å²) in [5.41, 5.74) is 1.29. The van der Waals surface area contributed by atoms with Crippen molar-refractivity contribution in [2.75, 3.05) is 18.5 Å². The van der Waals surface area contributed by atoms with Crippen LogP contribution in [0.2, 0.25) is 0 Å². The number of aliphatic hydroxyl groups is 1. The van der Waals surface area contributed by atoms with E-state index in [1.54, 1.807) is 11.3 Å². The molecule has 0 saturated heterocycles. The van der Waals surface area contributed by atoms with Gasteiger partial charge in [-0.2, -0.15) is 0 Å². The van der Waals surface area contributed by atoms with Crippen LogP contribution in [0.1, 0.15) is 50.3 Å². The molecule has 1 saturated carbocycles. The Balaban J connectivity index is 1.78. The van der Waals surface area contributed by atoms with Gasteiger partial charge in [0.2, 0.25) is 0 Å². The first-order chi connectivity index (χ1) is 8.85. The zero-order valence-electron chi connectivity index (χ0n) is 12.3. The molecule has 3 unspecified atom stereocenters. The van der Waals surface area contributed by atoms with E-state index in [1.807, 2.05) is 0 Å². The standard InChI is InChI=1S/C15H24N2OS/c1-9-5-10(9)8-17(4)14-16-11-6-15(2,3)7-12(18)13(11)19-14/h9-10,12,18H,5-8H2,1-4H3. The van der Waals surface area contributed by atoms with Gasteiger partial charge in [-0.25, -0.2) is 4.98 Å². The lowest BCUT2D eigenvalue weighted by molar-refractivity contribution is 0.102. The van der Waals surface area contributed by atoms with Gasteiger partial charge in [0.05, 0.1) is 16.7 Å². The lowest BCUT2D eigenvalue weighted by atomic mass is 9.77. The Kier molecular flexibility index (Phi) is 3.13. The maximum absolute atomic E-state index is 10.3. The second kappa shape index (κ2) is 4.45. The predicted octanol–water partition coefficient (Wildman–Crippen LogP) is 3.24. The number of aliphatic hydroxyl groups excluding tert-OH is 1. The number of nitrogens with zero attached hydrogens (tertiary/aromatic N) is 2. The lowest BCUT2D eigenvalue weighted by Gasteiger charge is -2.31. The van der Waals surface area contributed by atoms with Crippen molar-refractivity contribution < 1.29 is 5.11 Å². The summed E-state index contributed by atoms with van der Waals surface area (Å²) in [7, 11) is 2.13. The van der Waals surface area contributed by atoms with Crippen LogP contribution in [-0.2, 0) is 6.42 Å². The van der Waals surface area contributed by atoms with Gasteiger partial charge >= 0.3 is 0 Å². The number of anilines is 1. The van der Waals surface area contributed by atoms with Crippen molar-refractivity contribution in [1.82, 2.24) is 4.98 Å². The highest BCUT2D eigenvalue weighted by molar-refractivity contribution is 7.15. The fourth-order valence-corrected chi connectivity index (χ4v) is 4.16. The molecule has 4 heteroatoms. The molecule has 19 heavy (non-hydrogen) atoms. The number of hydrogen-bond acceptors (Lipinski definition) is 4. The minimum Gasteiger partial charge on any atom is -0.387 e. The van der Waals surface area contributed by atoms with Crippen molar-refractivity contribution in [2.24, 2.45) is 17.3 Å². The molecule has 1 aromatic heterocycles. The lowest BCUT2D eigenvalue weighted by Crippen LogP contribution is -2.24. The zero-order valence-corrected chi connectivity index (χ0v) is 13.1. The average molecular weight is 280 g/mol. The fourth-order valence-electron chi connectivity index (χ4n) is 3.13. The first-order valence-electron chi connectivity index (χ1n) is 7.24. The van der Waals surface area contributed by atoms with E-state index in [2.05, 4.69) is 32.7 Å². The molecule has 1 heterocycles. The second-order valence-electron chi connectivity index (χ2n) is 7.22. The molecule has 0 aromatic carbocycles. The van der Waals surface area contributed by atoms with Gasteiger partial charge in [0.25, 0.3) is 0 Å². The van der Waals surface area contributed by atoms with Gasteiger partial charge in [-0.1, -0.05) is 32.1 Å². The van der Waals surface area contributed by atoms with E-state index in [9.17, 15) is 5.11 Å². The molecule has 0 aliphatic heterocycles. The van der Waals surface area contributed by atoms with Crippen LogP contribution in [0.25, 0.3) is 0 Å². The largest absolute Gasteiger partial charge is 0.387 e. The Bertz CT molecular complexity index is 482. The van der Waals surface area contributed by atoms with Crippen LogP contribution in [0.15, 0.2) is 0 Å². The molecular weight excluding hydrogens is 256 g/mol. The van der Waals surface area contributed by atoms with Crippen molar-refractivity contribution >= 4 is 16.5 Å². The highest BCUT2D eigenvalue weighted by Gasteiger charge is 2.36. The van der Waals surface area contributed by atoms with Gasteiger partial charge in [-0.05, 0) is 36.5 Å². The van der Waals surface area contributed by atoms with Crippen molar-refractivity contribution in [1.29, 1.82) is 0 Å². The summed E-state index contributed by atoms with van der Waals surface area (Å²) in [4.78, 5) is 8.16. The van der Waals surface area contributed by atoms with Crippen LogP contribution >= 0.6 is 11.3 Å². The third-order valence-electron chi connectivity index (χ3n) is 4.52. The fraction of sp³-hybridized carbons (Fsp3) is 0.800. The minimum atomic E-state index is -0.321. The molecule has 1 fully saturated rings. The summed E-state index contributed by atoms with van der Waals surface area (Å²) >= 11 is 1.69. The minimum absolute atomic E-state index is 0.168. The van der Waals surface area contributed by atoms with Gasteiger partial charge in [-0.3, -0.25) is 0 Å². The maximum atomic E-state index is 10.3. The number of aromatic nitrogens is 1. The van der Waals surface area contributed by atoms with E-state index in [1.165, 1.54) is 6.42 Å². The maximum Gasteiger partial charge on any atom is 0.185 e. The molecule has 0 amide bonds. The number of rotatable bonds is 3. The first kappa shape index (κ1) is 13.4. The highest BCUT2D eigenvalue weighted by atomic mass is 32.1. The van der Waals surface area contributed by atoms with E-state index in [4.69, 9.17) is 4.98 Å². The molecule has 3 rings (SSSR count). The van der Waals surface area contributed by atoms with Crippen LogP contribution in [0.4, 0.5) is 5.13 Å². The van der Waals surface area contributed by atoms with Crippen molar-refractivity contribution in [3.8, 4) is 0 Å². The molecular formula is C15H24N2OS. The van der Waals surface area contributed by atoms with Crippen LogP contribution in [0, 0.1) is 17.3 Å². The molecule has 0 radical (unpaired) electrons. The second-order valence-corrected chi connectivity index (χ2v) is 8.23. The summed E-state index contributed by atoms with van der Waals surface area (Å²) in [6.07, 6.45) is 2.87. The van der Waals surface area contributed by atoms with E-state index in [0.717, 1.165) is 46.9 Å². The van der Waals surface area contributed by atoms with Crippen LogP contribution in [0.3, 0.4) is 0 Å². The summed E-state index contributed by atoms with van der Waals surface area (Å²) in [6, 6.07) is 0. The Labute approximate surface area is 119 Å². The Morgan fingerprint density at radius 2 is 2.16 bits per heavy atom. The Hall–Kier alpha value is -0.610. The molecule has 1 aromatic rings. The van der Waals surface area contributed by atoms with Gasteiger partial charge in [0.1, 0.15) is 0 Å². The predicted molar refractivity (Wildman–Crippen MR) is 79.7 cm³/mol. The number of hydrogen-bond donors (Lipinski definition) is 1. The van der Waals surface area contributed by atoms with Crippen molar-refractivity contribution in [3.05, 3.63) is 10.6 Å². The molecule has 2 aliphatic carbocycles. The van der Waals surface area contributed by atoms with E-state index >= 15 is 0 Å². The quantitative estimate of drug-likeness (QED) is 0.923. The number of fused-ring (bicyclic) bond motifs is 1. The molecule has 106 valence electrons. The molecule has 0 spiro atoms.